The van der Waals surface area contributed by atoms with Gasteiger partial charge in [0.05, 0.1) is 28.5 Å². The molecule has 0 bridgehead atoms. The predicted molar refractivity (Wildman–Crippen MR) is 117 cm³/mol. The highest BCUT2D eigenvalue weighted by Crippen LogP contribution is 2.45. The molecular formula is C21H18N2O3S2. The number of carbonyl (C=O) groups excluding carboxylic acids is 2. The van der Waals surface area contributed by atoms with E-state index >= 15 is 0 Å². The van der Waals surface area contributed by atoms with E-state index < -0.39 is 0 Å². The number of fused-ring (bicyclic) bond motifs is 1. The summed E-state index contributed by atoms with van der Waals surface area (Å²) in [6.45, 7) is 4.95. The van der Waals surface area contributed by atoms with E-state index in [-0.39, 0.29) is 11.8 Å². The molecule has 1 fully saturated rings. The summed E-state index contributed by atoms with van der Waals surface area (Å²) in [5, 5.41) is 0. The second-order valence-electron chi connectivity index (χ2n) is 6.21. The highest BCUT2D eigenvalue weighted by molar-refractivity contribution is 8.27. The van der Waals surface area contributed by atoms with Gasteiger partial charge in [0.25, 0.3) is 11.8 Å². The Morgan fingerprint density at radius 2 is 1.71 bits per heavy atom. The quantitative estimate of drug-likeness (QED) is 0.558. The van der Waals surface area contributed by atoms with E-state index in [2.05, 4.69) is 0 Å². The number of hydrogen-bond acceptors (Lipinski definition) is 5. The van der Waals surface area contributed by atoms with Crippen molar-refractivity contribution in [2.45, 2.75) is 13.8 Å². The Labute approximate surface area is 173 Å². The van der Waals surface area contributed by atoms with Crippen LogP contribution in [0.1, 0.15) is 19.4 Å². The average Bonchev–Trinajstić information content (AvgIpc) is 3.14. The van der Waals surface area contributed by atoms with Crippen molar-refractivity contribution >= 4 is 57.1 Å². The molecule has 0 radical (unpaired) electrons. The normalized spacial score (nSPS) is 18.9. The molecule has 2 amide bonds. The van der Waals surface area contributed by atoms with Crippen LogP contribution >= 0.6 is 24.0 Å². The van der Waals surface area contributed by atoms with Crippen molar-refractivity contribution in [1.82, 2.24) is 0 Å². The molecule has 1 saturated heterocycles. The monoisotopic (exact) mass is 410 g/mol. The van der Waals surface area contributed by atoms with Gasteiger partial charge in [-0.25, -0.2) is 0 Å². The number of anilines is 2. The number of carbonyl (C=O) groups is 2. The second-order valence-corrected chi connectivity index (χ2v) is 7.85. The van der Waals surface area contributed by atoms with Crippen molar-refractivity contribution in [1.29, 1.82) is 0 Å². The molecule has 2 aromatic carbocycles. The number of thioether (sulfide) groups is 1. The van der Waals surface area contributed by atoms with Crippen LogP contribution in [0.2, 0.25) is 0 Å². The number of thiocarbonyl (C=S) groups is 1. The van der Waals surface area contributed by atoms with E-state index in [1.165, 1.54) is 16.7 Å². The molecule has 28 heavy (non-hydrogen) atoms. The summed E-state index contributed by atoms with van der Waals surface area (Å²) >= 11 is 6.65. The standard InChI is InChI=1S/C21H18N2O3S2/c1-3-22-16-8-6-5-7-15(16)17(19(22)24)18-20(25)23(21(27)28-18)13-9-11-14(12-10-13)26-4-2/h5-12H,3-4H2,1-2H3. The zero-order valence-electron chi connectivity index (χ0n) is 15.5. The topological polar surface area (TPSA) is 49.9 Å². The number of rotatable bonds is 4. The summed E-state index contributed by atoms with van der Waals surface area (Å²) in [6, 6.07) is 14.7. The number of hydrogen-bond donors (Lipinski definition) is 0. The molecule has 2 heterocycles. The summed E-state index contributed by atoms with van der Waals surface area (Å²) in [5.41, 5.74) is 2.70. The van der Waals surface area contributed by atoms with Crippen LogP contribution in [0.4, 0.5) is 11.4 Å². The first-order valence-corrected chi connectivity index (χ1v) is 10.2. The Bertz CT molecular complexity index is 1010. The van der Waals surface area contributed by atoms with Crippen LogP contribution in [0, 0.1) is 0 Å². The number of ether oxygens (including phenoxy) is 1. The molecule has 0 saturated carbocycles. The predicted octanol–water partition coefficient (Wildman–Crippen LogP) is 4.23. The van der Waals surface area contributed by atoms with Crippen LogP contribution in [0.25, 0.3) is 5.57 Å². The molecule has 0 aromatic heterocycles. The van der Waals surface area contributed by atoms with Gasteiger partial charge < -0.3 is 9.64 Å². The van der Waals surface area contributed by atoms with Crippen LogP contribution in [0.3, 0.4) is 0 Å². The summed E-state index contributed by atoms with van der Waals surface area (Å²) in [5.74, 6) is 0.305. The van der Waals surface area contributed by atoms with Crippen LogP contribution in [-0.2, 0) is 9.59 Å². The fourth-order valence-electron chi connectivity index (χ4n) is 3.41. The van der Waals surface area contributed by atoms with Crippen molar-refractivity contribution in [3.63, 3.8) is 0 Å². The average molecular weight is 411 g/mol. The minimum Gasteiger partial charge on any atom is -0.494 e. The number of nitrogens with zero attached hydrogens (tertiary/aromatic N) is 2. The van der Waals surface area contributed by atoms with Gasteiger partial charge in [-0.3, -0.25) is 14.5 Å². The number of benzene rings is 2. The lowest BCUT2D eigenvalue weighted by Gasteiger charge is -2.15. The summed E-state index contributed by atoms with van der Waals surface area (Å²) in [4.78, 5) is 29.8. The fourth-order valence-corrected chi connectivity index (χ4v) is 4.78. The molecule has 0 unspecified atom stereocenters. The molecule has 4 rings (SSSR count). The van der Waals surface area contributed by atoms with Crippen LogP contribution in [0.15, 0.2) is 53.4 Å². The van der Waals surface area contributed by atoms with Gasteiger partial charge in [-0.2, -0.15) is 0 Å². The van der Waals surface area contributed by atoms with Crippen molar-refractivity contribution in [2.24, 2.45) is 0 Å². The van der Waals surface area contributed by atoms with Crippen molar-refractivity contribution in [2.75, 3.05) is 23.0 Å². The maximum Gasteiger partial charge on any atom is 0.271 e. The summed E-state index contributed by atoms with van der Waals surface area (Å²) in [6.07, 6.45) is 0. The third-order valence-electron chi connectivity index (χ3n) is 4.64. The smallest absolute Gasteiger partial charge is 0.271 e. The minimum absolute atomic E-state index is 0.157. The molecular weight excluding hydrogens is 392 g/mol. The Balaban J connectivity index is 1.76. The lowest BCUT2D eigenvalue weighted by atomic mass is 10.1. The molecule has 5 nitrogen and oxygen atoms in total. The van der Waals surface area contributed by atoms with Crippen molar-refractivity contribution < 1.29 is 14.3 Å². The van der Waals surface area contributed by atoms with E-state index in [0.29, 0.717) is 33.6 Å². The van der Waals surface area contributed by atoms with E-state index in [4.69, 9.17) is 17.0 Å². The van der Waals surface area contributed by atoms with Gasteiger partial charge in [0.1, 0.15) is 5.75 Å². The van der Waals surface area contributed by atoms with Crippen molar-refractivity contribution in [3.8, 4) is 5.75 Å². The molecule has 2 aliphatic rings. The molecule has 0 spiro atoms. The third-order valence-corrected chi connectivity index (χ3v) is 6.01. The molecule has 0 aliphatic carbocycles. The van der Waals surface area contributed by atoms with E-state index in [0.717, 1.165) is 17.0 Å². The molecule has 142 valence electrons. The molecule has 0 atom stereocenters. The van der Waals surface area contributed by atoms with Gasteiger partial charge in [0.15, 0.2) is 4.32 Å². The van der Waals surface area contributed by atoms with E-state index in [1.54, 1.807) is 29.2 Å². The molecule has 2 aliphatic heterocycles. The van der Waals surface area contributed by atoms with Gasteiger partial charge in [-0.15, -0.1) is 0 Å². The van der Waals surface area contributed by atoms with Gasteiger partial charge in [-0.1, -0.05) is 42.2 Å². The number of likely N-dealkylation sites (N-methyl/N-ethyl adjacent to an activating group) is 1. The Hall–Kier alpha value is -2.64. The molecule has 2 aromatic rings. The fraction of sp³-hybridized carbons (Fsp3) is 0.190. The first-order chi connectivity index (χ1) is 13.6. The Morgan fingerprint density at radius 3 is 2.39 bits per heavy atom. The SMILES string of the molecule is CCOc1ccc(N2C(=O)C(=C3C(=O)N(CC)c4ccccc43)SC2=S)cc1. The number of para-hydroxylation sites is 1. The van der Waals surface area contributed by atoms with Gasteiger partial charge in [0.2, 0.25) is 0 Å². The first kappa shape index (κ1) is 18.7. The van der Waals surface area contributed by atoms with Crippen molar-refractivity contribution in [3.05, 3.63) is 59.0 Å². The maximum atomic E-state index is 13.2. The largest absolute Gasteiger partial charge is 0.494 e. The summed E-state index contributed by atoms with van der Waals surface area (Å²) < 4.78 is 5.87. The first-order valence-electron chi connectivity index (χ1n) is 9.01. The zero-order chi connectivity index (χ0) is 19.8. The zero-order valence-corrected chi connectivity index (χ0v) is 17.1. The summed E-state index contributed by atoms with van der Waals surface area (Å²) in [7, 11) is 0. The lowest BCUT2D eigenvalue weighted by molar-refractivity contribution is -0.115. The number of amides is 2. The van der Waals surface area contributed by atoms with Crippen LogP contribution in [-0.4, -0.2) is 29.3 Å². The molecule has 0 N–H and O–H groups in total. The molecule has 7 heteroatoms. The Morgan fingerprint density at radius 1 is 1.00 bits per heavy atom. The van der Waals surface area contributed by atoms with Gasteiger partial charge >= 0.3 is 0 Å². The van der Waals surface area contributed by atoms with Gasteiger partial charge in [-0.05, 0) is 44.2 Å². The maximum absolute atomic E-state index is 13.2. The minimum atomic E-state index is -0.268. The lowest BCUT2D eigenvalue weighted by Crippen LogP contribution is -2.29. The third kappa shape index (κ3) is 2.91. The van der Waals surface area contributed by atoms with E-state index in [9.17, 15) is 9.59 Å². The second kappa shape index (κ2) is 7.41. The van der Waals surface area contributed by atoms with Crippen LogP contribution in [0.5, 0.6) is 5.75 Å². The Kier molecular flexibility index (Phi) is 4.95. The van der Waals surface area contributed by atoms with Gasteiger partial charge in [0, 0.05) is 12.1 Å². The highest BCUT2D eigenvalue weighted by atomic mass is 32.2. The van der Waals surface area contributed by atoms with Crippen LogP contribution < -0.4 is 14.5 Å². The van der Waals surface area contributed by atoms with E-state index in [1.807, 2.05) is 38.1 Å². The highest BCUT2D eigenvalue weighted by Gasteiger charge is 2.42.